The number of rotatable bonds is 2. The first kappa shape index (κ1) is 11.2. The second kappa shape index (κ2) is 4.54. The molecule has 0 saturated carbocycles. The first-order chi connectivity index (χ1) is 6.50. The van der Waals surface area contributed by atoms with E-state index in [9.17, 15) is 9.59 Å². The van der Waals surface area contributed by atoms with E-state index >= 15 is 0 Å². The van der Waals surface area contributed by atoms with Crippen LogP contribution in [0.4, 0.5) is 5.82 Å². The molecule has 6 heteroatoms. The molecule has 0 unspecified atom stereocenters. The van der Waals surface area contributed by atoms with Gasteiger partial charge in [-0.15, -0.1) is 0 Å². The number of anilines is 1. The van der Waals surface area contributed by atoms with Crippen LogP contribution in [0.25, 0.3) is 0 Å². The van der Waals surface area contributed by atoms with Crippen LogP contribution in [0, 0.1) is 5.92 Å². The van der Waals surface area contributed by atoms with E-state index in [1.165, 1.54) is 2.78 Å². The Balaban J connectivity index is 2.84. The Labute approximate surface area is 95.0 Å². The van der Waals surface area contributed by atoms with Gasteiger partial charge in [0.15, 0.2) is 0 Å². The summed E-state index contributed by atoms with van der Waals surface area (Å²) in [6, 6.07) is 1.58. The van der Waals surface area contributed by atoms with Gasteiger partial charge in [-0.25, -0.2) is 7.58 Å². The Bertz CT molecular complexity index is 400. The first-order valence-corrected chi connectivity index (χ1v) is 5.04. The molecule has 0 spiro atoms. The van der Waals surface area contributed by atoms with Gasteiger partial charge >= 0.3 is 5.69 Å². The van der Waals surface area contributed by atoms with Crippen LogP contribution in [-0.4, -0.2) is 13.7 Å². The van der Waals surface area contributed by atoms with Gasteiger partial charge in [0.1, 0.15) is 5.82 Å². The highest BCUT2D eigenvalue weighted by atomic mass is 127. The van der Waals surface area contributed by atoms with Gasteiger partial charge in [-0.2, -0.15) is 4.98 Å². The predicted octanol–water partition coefficient (Wildman–Crippen LogP) is 1.04. The molecule has 1 aromatic heterocycles. The monoisotopic (exact) mass is 307 g/mol. The summed E-state index contributed by atoms with van der Waals surface area (Å²) in [6.07, 6.45) is 1.55. The first-order valence-electron chi connectivity index (χ1n) is 4.07. The van der Waals surface area contributed by atoms with Gasteiger partial charge in [0.2, 0.25) is 5.91 Å². The van der Waals surface area contributed by atoms with E-state index in [4.69, 9.17) is 0 Å². The summed E-state index contributed by atoms with van der Waals surface area (Å²) < 4.78 is 1.31. The molecule has 0 aromatic carbocycles. The van der Waals surface area contributed by atoms with E-state index in [1.807, 2.05) is 22.9 Å². The Morgan fingerprint density at radius 1 is 1.64 bits per heavy atom. The molecular formula is C8H10IN3O2. The van der Waals surface area contributed by atoms with Crippen molar-refractivity contribution in [1.82, 2.24) is 7.76 Å². The number of hydrogen-bond acceptors (Lipinski definition) is 3. The van der Waals surface area contributed by atoms with E-state index in [-0.39, 0.29) is 11.8 Å². The van der Waals surface area contributed by atoms with E-state index < -0.39 is 5.69 Å². The minimum Gasteiger partial charge on any atom is -0.310 e. The summed E-state index contributed by atoms with van der Waals surface area (Å²) in [5.74, 6) is 0.0172. The highest BCUT2D eigenvalue weighted by molar-refractivity contribution is 14.1. The number of carbonyl (C=O) groups is 1. The van der Waals surface area contributed by atoms with Crippen molar-refractivity contribution < 1.29 is 4.79 Å². The normalized spacial score (nSPS) is 10.3. The lowest BCUT2D eigenvalue weighted by molar-refractivity contribution is -0.118. The average molecular weight is 307 g/mol. The van der Waals surface area contributed by atoms with Crippen molar-refractivity contribution in [3.8, 4) is 0 Å². The van der Waals surface area contributed by atoms with Crippen LogP contribution < -0.4 is 11.0 Å². The molecular weight excluding hydrogens is 297 g/mol. The van der Waals surface area contributed by atoms with Gasteiger partial charge in [-0.05, 0) is 6.07 Å². The molecule has 0 fully saturated rings. The van der Waals surface area contributed by atoms with Crippen LogP contribution in [0.15, 0.2) is 17.1 Å². The fraction of sp³-hybridized carbons (Fsp3) is 0.375. The molecule has 0 aliphatic carbocycles. The largest absolute Gasteiger partial charge is 0.358 e. The van der Waals surface area contributed by atoms with Crippen LogP contribution in [0.5, 0.6) is 0 Å². The quantitative estimate of drug-likeness (QED) is 0.830. The average Bonchev–Trinajstić information content (AvgIpc) is 2.11. The smallest absolute Gasteiger partial charge is 0.310 e. The third kappa shape index (κ3) is 2.79. The van der Waals surface area contributed by atoms with Gasteiger partial charge in [0.05, 0.1) is 22.9 Å². The lowest BCUT2D eigenvalue weighted by Gasteiger charge is -2.05. The van der Waals surface area contributed by atoms with E-state index in [2.05, 4.69) is 10.3 Å². The van der Waals surface area contributed by atoms with E-state index in [0.717, 1.165) is 0 Å². The lowest BCUT2D eigenvalue weighted by Crippen LogP contribution is -2.22. The van der Waals surface area contributed by atoms with E-state index in [1.54, 1.807) is 26.1 Å². The zero-order valence-corrected chi connectivity index (χ0v) is 9.98. The Morgan fingerprint density at radius 3 is 2.79 bits per heavy atom. The summed E-state index contributed by atoms with van der Waals surface area (Å²) in [5, 5.41) is 2.54. The number of aromatic nitrogens is 2. The third-order valence-corrected chi connectivity index (χ3v) is 2.27. The van der Waals surface area contributed by atoms with Gasteiger partial charge in [0, 0.05) is 12.1 Å². The van der Waals surface area contributed by atoms with Crippen LogP contribution >= 0.6 is 22.9 Å². The van der Waals surface area contributed by atoms with Crippen molar-refractivity contribution in [1.29, 1.82) is 0 Å². The molecule has 1 rings (SSSR count). The molecule has 0 bridgehead atoms. The van der Waals surface area contributed by atoms with Gasteiger partial charge in [-0.1, -0.05) is 13.8 Å². The molecule has 0 aliphatic heterocycles. The fourth-order valence-electron chi connectivity index (χ4n) is 0.728. The highest BCUT2D eigenvalue weighted by Crippen LogP contribution is 2.02. The fourth-order valence-corrected chi connectivity index (χ4v) is 0.997. The maximum atomic E-state index is 11.2. The number of hydrogen-bond donors (Lipinski definition) is 1. The second-order valence-electron chi connectivity index (χ2n) is 3.05. The molecule has 1 aromatic rings. The Morgan fingerprint density at radius 2 is 2.29 bits per heavy atom. The van der Waals surface area contributed by atoms with Crippen molar-refractivity contribution in [2.75, 3.05) is 5.32 Å². The molecule has 0 atom stereocenters. The summed E-state index contributed by atoms with van der Waals surface area (Å²) >= 11 is 1.82. The van der Waals surface area contributed by atoms with Gasteiger partial charge in [-0.3, -0.25) is 4.79 Å². The number of nitrogens with one attached hydrogen (secondary N) is 1. The highest BCUT2D eigenvalue weighted by Gasteiger charge is 2.08. The SMILES string of the molecule is CC(C)C(=O)Nc1ccn(I)c(=O)n1. The van der Waals surface area contributed by atoms with Crippen LogP contribution in [0.2, 0.25) is 0 Å². The van der Waals surface area contributed by atoms with E-state index in [0.29, 0.717) is 5.82 Å². The molecule has 1 heterocycles. The standard InChI is InChI=1S/C8H10IN3O2/c1-5(2)7(13)10-6-3-4-12(9)8(14)11-6/h3-5H,1-2H3,(H,10,11,13,14). The zero-order valence-electron chi connectivity index (χ0n) is 7.82. The van der Waals surface area contributed by atoms with Crippen molar-refractivity contribution in [3.05, 3.63) is 22.7 Å². The maximum Gasteiger partial charge on any atom is 0.358 e. The molecule has 0 radical (unpaired) electrons. The van der Waals surface area contributed by atoms with Crippen LogP contribution in [0.3, 0.4) is 0 Å². The number of halogens is 1. The van der Waals surface area contributed by atoms with Crippen molar-refractivity contribution in [2.45, 2.75) is 13.8 Å². The predicted molar refractivity (Wildman–Crippen MR) is 61.4 cm³/mol. The summed E-state index contributed by atoms with van der Waals surface area (Å²) in [6.45, 7) is 3.55. The van der Waals surface area contributed by atoms with Crippen molar-refractivity contribution in [3.63, 3.8) is 0 Å². The second-order valence-corrected chi connectivity index (χ2v) is 4.09. The maximum absolute atomic E-state index is 11.2. The van der Waals surface area contributed by atoms with Crippen LogP contribution in [0.1, 0.15) is 13.8 Å². The molecule has 0 aliphatic rings. The Hall–Kier alpha value is -0.920. The molecule has 1 N–H and O–H groups in total. The summed E-state index contributed by atoms with van der Waals surface area (Å²) in [5.41, 5.74) is -0.396. The Kier molecular flexibility index (Phi) is 3.62. The third-order valence-electron chi connectivity index (χ3n) is 1.54. The summed E-state index contributed by atoms with van der Waals surface area (Å²) in [4.78, 5) is 26.0. The van der Waals surface area contributed by atoms with Gasteiger partial charge in [0.25, 0.3) is 0 Å². The van der Waals surface area contributed by atoms with Crippen molar-refractivity contribution in [2.24, 2.45) is 5.92 Å². The minimum atomic E-state index is -0.396. The number of nitrogens with zero attached hydrogens (tertiary/aromatic N) is 2. The lowest BCUT2D eigenvalue weighted by atomic mass is 10.2. The molecule has 1 amide bonds. The molecule has 5 nitrogen and oxygen atoms in total. The number of carbonyl (C=O) groups excluding carboxylic acids is 1. The minimum absolute atomic E-state index is 0.126. The summed E-state index contributed by atoms with van der Waals surface area (Å²) in [7, 11) is 0. The molecule has 14 heavy (non-hydrogen) atoms. The topological polar surface area (TPSA) is 64.0 Å². The number of amides is 1. The van der Waals surface area contributed by atoms with Crippen molar-refractivity contribution >= 4 is 34.6 Å². The van der Waals surface area contributed by atoms with Crippen LogP contribution in [-0.2, 0) is 4.79 Å². The molecule has 0 saturated heterocycles. The zero-order chi connectivity index (χ0) is 10.7. The molecule has 76 valence electrons. The van der Waals surface area contributed by atoms with Gasteiger partial charge < -0.3 is 5.32 Å².